The molecular formula is C21H23F3N4O3. The maximum atomic E-state index is 15.3. The van der Waals surface area contributed by atoms with Crippen molar-refractivity contribution in [3.63, 3.8) is 0 Å². The smallest absolute Gasteiger partial charge is 0.387 e. The summed E-state index contributed by atoms with van der Waals surface area (Å²) in [6, 6.07) is 2.99. The Morgan fingerprint density at radius 2 is 2.10 bits per heavy atom. The van der Waals surface area contributed by atoms with Gasteiger partial charge in [-0.05, 0) is 44.7 Å². The molecular weight excluding hydrogens is 413 g/mol. The SMILES string of the molecule is CC1CCN(Cc2nc3c(OC(F)F)cc(C(=O)O)c(F)c3n2CC2(C#N)CC2)CC1. The maximum Gasteiger partial charge on any atom is 0.387 e. The molecule has 1 aliphatic carbocycles. The fourth-order valence-corrected chi connectivity index (χ4v) is 4.10. The van der Waals surface area contributed by atoms with Crippen LogP contribution in [0.15, 0.2) is 6.07 Å². The quantitative estimate of drug-likeness (QED) is 0.705. The summed E-state index contributed by atoms with van der Waals surface area (Å²) in [5.74, 6) is -2.14. The Kier molecular flexibility index (Phi) is 5.56. The zero-order valence-corrected chi connectivity index (χ0v) is 17.1. The Labute approximate surface area is 177 Å². The number of carboxylic acid groups (broad SMARTS) is 1. The first kappa shape index (κ1) is 21.4. The van der Waals surface area contributed by atoms with Crippen LogP contribution < -0.4 is 4.74 Å². The van der Waals surface area contributed by atoms with Gasteiger partial charge in [-0.3, -0.25) is 4.90 Å². The molecule has 0 radical (unpaired) electrons. The first-order chi connectivity index (χ1) is 14.7. The number of aromatic nitrogens is 2. The molecule has 10 heteroatoms. The van der Waals surface area contributed by atoms with Crippen molar-refractivity contribution in [1.29, 1.82) is 5.26 Å². The van der Waals surface area contributed by atoms with Crippen LogP contribution in [-0.4, -0.2) is 45.2 Å². The molecule has 1 aliphatic heterocycles. The van der Waals surface area contributed by atoms with Gasteiger partial charge in [0.05, 0.1) is 18.0 Å². The summed E-state index contributed by atoms with van der Waals surface area (Å²) in [6.07, 6.45) is 3.26. The first-order valence-corrected chi connectivity index (χ1v) is 10.3. The Balaban J connectivity index is 1.86. The monoisotopic (exact) mass is 436 g/mol. The summed E-state index contributed by atoms with van der Waals surface area (Å²) in [4.78, 5) is 18.1. The maximum absolute atomic E-state index is 15.3. The van der Waals surface area contributed by atoms with Gasteiger partial charge < -0.3 is 14.4 Å². The van der Waals surface area contributed by atoms with Crippen LogP contribution in [0, 0.1) is 28.5 Å². The number of rotatable bonds is 7. The Morgan fingerprint density at radius 3 is 2.65 bits per heavy atom. The van der Waals surface area contributed by atoms with Crippen molar-refractivity contribution in [2.45, 2.75) is 52.3 Å². The molecule has 4 rings (SSSR count). The molecule has 0 unspecified atom stereocenters. The molecule has 1 saturated heterocycles. The highest BCUT2D eigenvalue weighted by Crippen LogP contribution is 2.47. The zero-order valence-electron chi connectivity index (χ0n) is 17.1. The summed E-state index contributed by atoms with van der Waals surface area (Å²) in [5, 5.41) is 18.9. The molecule has 1 N–H and O–H groups in total. The van der Waals surface area contributed by atoms with Crippen molar-refractivity contribution < 1.29 is 27.8 Å². The van der Waals surface area contributed by atoms with E-state index < -0.39 is 35.1 Å². The number of alkyl halides is 2. The number of fused-ring (bicyclic) bond motifs is 1. The van der Waals surface area contributed by atoms with Crippen LogP contribution in [0.4, 0.5) is 13.2 Å². The largest absolute Gasteiger partial charge is 0.478 e. The van der Waals surface area contributed by atoms with Crippen LogP contribution in [0.2, 0.25) is 0 Å². The number of benzene rings is 1. The minimum Gasteiger partial charge on any atom is -0.478 e. The van der Waals surface area contributed by atoms with Crippen LogP contribution in [0.1, 0.15) is 48.8 Å². The van der Waals surface area contributed by atoms with Crippen LogP contribution in [0.5, 0.6) is 5.75 Å². The third-order valence-electron chi connectivity index (χ3n) is 6.24. The van der Waals surface area contributed by atoms with Gasteiger partial charge in [0, 0.05) is 12.6 Å². The molecule has 2 fully saturated rings. The highest BCUT2D eigenvalue weighted by atomic mass is 19.3. The van der Waals surface area contributed by atoms with Crippen LogP contribution in [-0.2, 0) is 13.1 Å². The normalized spacial score (nSPS) is 19.0. The van der Waals surface area contributed by atoms with Crippen molar-refractivity contribution in [2.75, 3.05) is 13.1 Å². The second-order valence-electron chi connectivity index (χ2n) is 8.58. The molecule has 2 aliphatic rings. The number of piperidine rings is 1. The van der Waals surface area contributed by atoms with E-state index in [-0.39, 0.29) is 17.6 Å². The molecule has 1 saturated carbocycles. The van der Waals surface area contributed by atoms with Crippen molar-refractivity contribution in [3.05, 3.63) is 23.3 Å². The number of carbonyl (C=O) groups is 1. The van der Waals surface area contributed by atoms with Crippen LogP contribution in [0.3, 0.4) is 0 Å². The van der Waals surface area contributed by atoms with E-state index in [0.29, 0.717) is 31.1 Å². The van der Waals surface area contributed by atoms with Gasteiger partial charge >= 0.3 is 12.6 Å². The van der Waals surface area contributed by atoms with Gasteiger partial charge in [0.1, 0.15) is 22.4 Å². The average Bonchev–Trinajstić information content (AvgIpc) is 3.40. The summed E-state index contributed by atoms with van der Waals surface area (Å²) in [7, 11) is 0. The van der Waals surface area contributed by atoms with Gasteiger partial charge in [-0.1, -0.05) is 6.92 Å². The molecule has 31 heavy (non-hydrogen) atoms. The molecule has 2 aromatic rings. The van der Waals surface area contributed by atoms with Gasteiger partial charge in [0.15, 0.2) is 11.6 Å². The van der Waals surface area contributed by atoms with E-state index in [9.17, 15) is 23.9 Å². The van der Waals surface area contributed by atoms with Crippen molar-refractivity contribution in [2.24, 2.45) is 11.3 Å². The van der Waals surface area contributed by atoms with Gasteiger partial charge in [-0.15, -0.1) is 0 Å². The highest BCUT2D eigenvalue weighted by Gasteiger charge is 2.44. The summed E-state index contributed by atoms with van der Waals surface area (Å²) < 4.78 is 47.2. The number of likely N-dealkylation sites (tertiary alicyclic amines) is 1. The topological polar surface area (TPSA) is 91.4 Å². The molecule has 166 valence electrons. The average molecular weight is 436 g/mol. The molecule has 1 aromatic heterocycles. The Hall–Kier alpha value is -2.80. The first-order valence-electron chi connectivity index (χ1n) is 10.3. The molecule has 0 spiro atoms. The number of halogens is 3. The lowest BCUT2D eigenvalue weighted by Crippen LogP contribution is -2.33. The van der Waals surface area contributed by atoms with Crippen molar-refractivity contribution >= 4 is 17.0 Å². The number of hydrogen-bond acceptors (Lipinski definition) is 5. The van der Waals surface area contributed by atoms with E-state index in [0.717, 1.165) is 32.0 Å². The minimum absolute atomic E-state index is 0.119. The van der Waals surface area contributed by atoms with Crippen molar-refractivity contribution in [1.82, 2.24) is 14.5 Å². The Bertz CT molecular complexity index is 1050. The predicted molar refractivity (Wildman–Crippen MR) is 104 cm³/mol. The fraction of sp³-hybridized carbons (Fsp3) is 0.571. The number of aromatic carboxylic acids is 1. The number of nitrogens with zero attached hydrogens (tertiary/aromatic N) is 4. The van der Waals surface area contributed by atoms with Gasteiger partial charge in [0.25, 0.3) is 0 Å². The third kappa shape index (κ3) is 4.19. The summed E-state index contributed by atoms with van der Waals surface area (Å²) in [5.41, 5.74) is -1.83. The van der Waals surface area contributed by atoms with Crippen LogP contribution >= 0.6 is 0 Å². The van der Waals surface area contributed by atoms with E-state index >= 15 is 4.39 Å². The highest BCUT2D eigenvalue weighted by molar-refractivity contribution is 5.96. The van der Waals surface area contributed by atoms with Gasteiger partial charge in [-0.2, -0.15) is 14.0 Å². The molecule has 0 amide bonds. The van der Waals surface area contributed by atoms with Crippen molar-refractivity contribution in [3.8, 4) is 11.8 Å². The number of hydrogen-bond donors (Lipinski definition) is 1. The van der Waals surface area contributed by atoms with E-state index in [1.54, 1.807) is 0 Å². The lowest BCUT2D eigenvalue weighted by molar-refractivity contribution is -0.0490. The number of nitriles is 1. The standard InChI is InChI=1S/C21H23F3N4O3/c1-12-2-6-27(7-3-12)9-15-26-17-14(31-20(23)24)8-13(19(29)30)16(22)18(17)28(15)11-21(10-25)4-5-21/h8,12,20H,2-7,9,11H2,1H3,(H,29,30). The predicted octanol–water partition coefficient (Wildman–Crippen LogP) is 4.01. The number of imidazole rings is 1. The Morgan fingerprint density at radius 1 is 1.42 bits per heavy atom. The van der Waals surface area contributed by atoms with Gasteiger partial charge in [0.2, 0.25) is 0 Å². The second-order valence-corrected chi connectivity index (χ2v) is 8.58. The molecule has 0 bridgehead atoms. The fourth-order valence-electron chi connectivity index (χ4n) is 4.10. The van der Waals surface area contributed by atoms with Crippen LogP contribution in [0.25, 0.3) is 11.0 Å². The molecule has 7 nitrogen and oxygen atoms in total. The van der Waals surface area contributed by atoms with E-state index in [1.807, 2.05) is 0 Å². The number of carboxylic acids is 1. The molecule has 2 heterocycles. The van der Waals surface area contributed by atoms with E-state index in [2.05, 4.69) is 27.6 Å². The summed E-state index contributed by atoms with van der Waals surface area (Å²) >= 11 is 0. The zero-order chi connectivity index (χ0) is 22.3. The van der Waals surface area contributed by atoms with Gasteiger partial charge in [-0.25, -0.2) is 14.2 Å². The molecule has 1 aromatic carbocycles. The number of ether oxygens (including phenoxy) is 1. The summed E-state index contributed by atoms with van der Waals surface area (Å²) in [6.45, 7) is 1.05. The van der Waals surface area contributed by atoms with E-state index in [4.69, 9.17) is 0 Å². The second kappa shape index (κ2) is 8.04. The van der Waals surface area contributed by atoms with E-state index in [1.165, 1.54) is 4.57 Å². The lowest BCUT2D eigenvalue weighted by atomic mass is 9.99. The third-order valence-corrected chi connectivity index (χ3v) is 6.24. The minimum atomic E-state index is -3.22. The lowest BCUT2D eigenvalue weighted by Gasteiger charge is -2.30. The molecule has 0 atom stereocenters.